The largest absolute Gasteiger partial charge is 0.341 e. The van der Waals surface area contributed by atoms with Gasteiger partial charge >= 0.3 is 0 Å². The molecule has 0 radical (unpaired) electrons. The lowest BCUT2D eigenvalue weighted by Crippen LogP contribution is -2.50. The Kier molecular flexibility index (Phi) is 6.10. The Morgan fingerprint density at radius 1 is 1.08 bits per heavy atom. The average molecular weight is 351 g/mol. The Balaban J connectivity index is 1.60. The molecule has 0 bridgehead atoms. The summed E-state index contributed by atoms with van der Waals surface area (Å²) in [5.41, 5.74) is 3.48. The van der Waals surface area contributed by atoms with Gasteiger partial charge in [-0.25, -0.2) is 0 Å². The molecule has 0 spiro atoms. The molecule has 0 aromatic heterocycles. The Morgan fingerprint density at radius 3 is 2.38 bits per heavy atom. The van der Waals surface area contributed by atoms with Crippen molar-refractivity contribution in [3.8, 4) is 11.1 Å². The van der Waals surface area contributed by atoms with E-state index in [-0.39, 0.29) is 5.91 Å². The Hall–Kier alpha value is -2.13. The second-order valence-electron chi connectivity index (χ2n) is 7.63. The van der Waals surface area contributed by atoms with E-state index in [0.29, 0.717) is 18.5 Å². The summed E-state index contributed by atoms with van der Waals surface area (Å²) in [6, 6.07) is 19.6. The lowest BCUT2D eigenvalue weighted by atomic mass is 10.0. The smallest absolute Gasteiger partial charge is 0.227 e. The van der Waals surface area contributed by atoms with Crippen LogP contribution in [0.5, 0.6) is 0 Å². The number of rotatable bonds is 5. The SMILES string of the molecule is CC(C)N1CCCC(N(C)C(=O)Cc2ccc(-c3ccccc3)cc2)C1. The molecule has 3 rings (SSSR count). The summed E-state index contributed by atoms with van der Waals surface area (Å²) >= 11 is 0. The predicted octanol–water partition coefficient (Wildman–Crippen LogP) is 4.23. The number of likely N-dealkylation sites (N-methyl/N-ethyl adjacent to an activating group) is 1. The highest BCUT2D eigenvalue weighted by Gasteiger charge is 2.27. The minimum atomic E-state index is 0.216. The molecule has 0 N–H and O–H groups in total. The molecular formula is C23H30N2O. The second kappa shape index (κ2) is 8.50. The van der Waals surface area contributed by atoms with Gasteiger partial charge in [0.1, 0.15) is 0 Å². The maximum absolute atomic E-state index is 12.8. The minimum Gasteiger partial charge on any atom is -0.341 e. The maximum atomic E-state index is 12.8. The van der Waals surface area contributed by atoms with Gasteiger partial charge in [0, 0.05) is 25.7 Å². The number of hydrogen-bond donors (Lipinski definition) is 0. The van der Waals surface area contributed by atoms with Crippen LogP contribution in [0.25, 0.3) is 11.1 Å². The molecule has 26 heavy (non-hydrogen) atoms. The van der Waals surface area contributed by atoms with Crippen LogP contribution in [0.2, 0.25) is 0 Å². The van der Waals surface area contributed by atoms with Crippen LogP contribution >= 0.6 is 0 Å². The average Bonchev–Trinajstić information content (AvgIpc) is 2.68. The number of benzene rings is 2. The van der Waals surface area contributed by atoms with Crippen molar-refractivity contribution in [2.24, 2.45) is 0 Å². The van der Waals surface area contributed by atoms with Gasteiger partial charge < -0.3 is 4.90 Å². The molecule has 1 amide bonds. The molecule has 1 aliphatic rings. The second-order valence-corrected chi connectivity index (χ2v) is 7.63. The fourth-order valence-corrected chi connectivity index (χ4v) is 3.72. The number of piperidine rings is 1. The first-order valence-corrected chi connectivity index (χ1v) is 9.68. The molecule has 1 unspecified atom stereocenters. The van der Waals surface area contributed by atoms with E-state index in [1.54, 1.807) is 0 Å². The summed E-state index contributed by atoms with van der Waals surface area (Å²) in [5, 5.41) is 0. The van der Waals surface area contributed by atoms with Crippen molar-refractivity contribution in [1.29, 1.82) is 0 Å². The van der Waals surface area contributed by atoms with E-state index in [1.807, 2.05) is 30.1 Å². The molecule has 2 aromatic carbocycles. The van der Waals surface area contributed by atoms with E-state index >= 15 is 0 Å². The van der Waals surface area contributed by atoms with E-state index in [0.717, 1.165) is 25.1 Å². The van der Waals surface area contributed by atoms with Crippen LogP contribution in [-0.4, -0.2) is 47.9 Å². The molecule has 3 heteroatoms. The Bertz CT molecular complexity index is 709. The van der Waals surface area contributed by atoms with Crippen molar-refractivity contribution in [2.45, 2.75) is 45.2 Å². The molecule has 0 aliphatic carbocycles. The van der Waals surface area contributed by atoms with Gasteiger partial charge in [-0.2, -0.15) is 0 Å². The third-order valence-corrected chi connectivity index (χ3v) is 5.52. The van der Waals surface area contributed by atoms with Gasteiger partial charge in [0.15, 0.2) is 0 Å². The highest BCUT2D eigenvalue weighted by atomic mass is 16.2. The zero-order chi connectivity index (χ0) is 18.5. The van der Waals surface area contributed by atoms with E-state index in [2.05, 4.69) is 55.1 Å². The van der Waals surface area contributed by atoms with Gasteiger partial charge in [0.2, 0.25) is 5.91 Å². The minimum absolute atomic E-state index is 0.216. The van der Waals surface area contributed by atoms with Crippen molar-refractivity contribution in [3.05, 3.63) is 60.2 Å². The summed E-state index contributed by atoms with van der Waals surface area (Å²) in [6.07, 6.45) is 2.76. The lowest BCUT2D eigenvalue weighted by Gasteiger charge is -2.39. The topological polar surface area (TPSA) is 23.6 Å². The van der Waals surface area contributed by atoms with E-state index in [4.69, 9.17) is 0 Å². The first-order chi connectivity index (χ1) is 12.5. The molecular weight excluding hydrogens is 320 g/mol. The van der Waals surface area contributed by atoms with Crippen LogP contribution in [0.1, 0.15) is 32.3 Å². The number of likely N-dealkylation sites (tertiary alicyclic amines) is 1. The molecule has 2 aromatic rings. The van der Waals surface area contributed by atoms with E-state index in [9.17, 15) is 4.79 Å². The van der Waals surface area contributed by atoms with Gasteiger partial charge in [-0.15, -0.1) is 0 Å². The van der Waals surface area contributed by atoms with Crippen LogP contribution in [0.4, 0.5) is 0 Å². The fourth-order valence-electron chi connectivity index (χ4n) is 3.72. The third-order valence-electron chi connectivity index (χ3n) is 5.52. The van der Waals surface area contributed by atoms with Crippen molar-refractivity contribution < 1.29 is 4.79 Å². The van der Waals surface area contributed by atoms with E-state index < -0.39 is 0 Å². The lowest BCUT2D eigenvalue weighted by molar-refractivity contribution is -0.132. The molecule has 138 valence electrons. The van der Waals surface area contributed by atoms with Gasteiger partial charge in [0.25, 0.3) is 0 Å². The van der Waals surface area contributed by atoms with Crippen LogP contribution < -0.4 is 0 Å². The highest BCUT2D eigenvalue weighted by molar-refractivity contribution is 5.79. The monoisotopic (exact) mass is 350 g/mol. The number of nitrogens with zero attached hydrogens (tertiary/aromatic N) is 2. The summed E-state index contributed by atoms with van der Waals surface area (Å²) in [6.45, 7) is 6.61. The molecule has 1 aliphatic heterocycles. The van der Waals surface area contributed by atoms with Gasteiger partial charge in [-0.3, -0.25) is 9.69 Å². The Morgan fingerprint density at radius 2 is 1.73 bits per heavy atom. The maximum Gasteiger partial charge on any atom is 0.227 e. The van der Waals surface area contributed by atoms with Gasteiger partial charge in [-0.05, 0) is 49.9 Å². The third kappa shape index (κ3) is 4.53. The van der Waals surface area contributed by atoms with Crippen LogP contribution in [-0.2, 0) is 11.2 Å². The summed E-state index contributed by atoms with van der Waals surface area (Å²) in [7, 11) is 1.97. The van der Waals surface area contributed by atoms with Crippen molar-refractivity contribution in [1.82, 2.24) is 9.80 Å². The van der Waals surface area contributed by atoms with Crippen molar-refractivity contribution in [3.63, 3.8) is 0 Å². The predicted molar refractivity (Wildman–Crippen MR) is 108 cm³/mol. The van der Waals surface area contributed by atoms with E-state index in [1.165, 1.54) is 17.5 Å². The molecule has 0 saturated carbocycles. The zero-order valence-electron chi connectivity index (χ0n) is 16.2. The summed E-state index contributed by atoms with van der Waals surface area (Å²) in [5.74, 6) is 0.216. The highest BCUT2D eigenvalue weighted by Crippen LogP contribution is 2.21. The first kappa shape index (κ1) is 18.7. The van der Waals surface area contributed by atoms with Crippen LogP contribution in [0, 0.1) is 0 Å². The standard InChI is InChI=1S/C23H30N2O/c1-18(2)25-15-7-10-22(17-25)24(3)23(26)16-19-11-13-21(14-12-19)20-8-5-4-6-9-20/h4-6,8-9,11-14,18,22H,7,10,15-17H2,1-3H3. The van der Waals surface area contributed by atoms with Crippen molar-refractivity contribution in [2.75, 3.05) is 20.1 Å². The zero-order valence-corrected chi connectivity index (χ0v) is 16.2. The summed E-state index contributed by atoms with van der Waals surface area (Å²) < 4.78 is 0. The molecule has 1 saturated heterocycles. The molecule has 1 heterocycles. The number of carbonyl (C=O) groups excluding carboxylic acids is 1. The molecule has 3 nitrogen and oxygen atoms in total. The van der Waals surface area contributed by atoms with Crippen LogP contribution in [0.3, 0.4) is 0 Å². The number of carbonyl (C=O) groups is 1. The normalized spacial score (nSPS) is 18.1. The molecule has 1 atom stereocenters. The summed E-state index contributed by atoms with van der Waals surface area (Å²) in [4.78, 5) is 17.2. The van der Waals surface area contributed by atoms with Crippen LogP contribution in [0.15, 0.2) is 54.6 Å². The fraction of sp³-hybridized carbons (Fsp3) is 0.435. The van der Waals surface area contributed by atoms with Gasteiger partial charge in [-0.1, -0.05) is 54.6 Å². The van der Waals surface area contributed by atoms with Gasteiger partial charge in [0.05, 0.1) is 6.42 Å². The quantitative estimate of drug-likeness (QED) is 0.806. The molecule has 1 fully saturated rings. The first-order valence-electron chi connectivity index (χ1n) is 9.68. The number of hydrogen-bond acceptors (Lipinski definition) is 2. The van der Waals surface area contributed by atoms with Crippen molar-refractivity contribution >= 4 is 5.91 Å². The number of amides is 1. The Labute approximate surface area is 157 Å².